The Morgan fingerprint density at radius 2 is 1.81 bits per heavy atom. The number of amides is 1. The number of benzene rings is 2. The topological polar surface area (TPSA) is 85.8 Å². The molecule has 3 N–H and O–H groups in total. The zero-order valence-corrected chi connectivity index (χ0v) is 18.2. The first kappa shape index (κ1) is 21.0. The Bertz CT molecular complexity index is 1090. The molecule has 0 saturated carbocycles. The van der Waals surface area contributed by atoms with E-state index in [9.17, 15) is 4.79 Å². The Hall–Kier alpha value is -3.23. The minimum absolute atomic E-state index is 0.0366. The maximum atomic E-state index is 12.9. The van der Waals surface area contributed by atoms with Crippen molar-refractivity contribution < 1.29 is 19.0 Å². The summed E-state index contributed by atoms with van der Waals surface area (Å²) in [5.74, 6) is 1.57. The van der Waals surface area contributed by atoms with Crippen molar-refractivity contribution >= 4 is 16.8 Å². The van der Waals surface area contributed by atoms with Crippen molar-refractivity contribution in [2.45, 2.75) is 32.1 Å². The summed E-state index contributed by atoms with van der Waals surface area (Å²) < 4.78 is 18.5. The average Bonchev–Trinajstić information content (AvgIpc) is 3.42. The van der Waals surface area contributed by atoms with E-state index in [1.54, 1.807) is 32.4 Å². The number of fused-ring (bicyclic) bond motifs is 1. The summed E-state index contributed by atoms with van der Waals surface area (Å²) in [6.45, 7) is 2.96. The number of aromatic nitrogens is 1. The second-order valence-corrected chi connectivity index (χ2v) is 7.35. The van der Waals surface area contributed by atoms with E-state index in [1.165, 1.54) is 7.11 Å². The standard InChI is InChI=1S/C23H28N4O4/c1-5-27-17-9-7-10-19(29-2)15(17)12-18(27)16-13-21(26-25-16)24-23(28)14-8-6-11-20(30-3)22(14)31-4/h6-12,16,21,25-26H,5,13H2,1-4H3,(H,24,28). The van der Waals surface area contributed by atoms with E-state index in [4.69, 9.17) is 14.2 Å². The van der Waals surface area contributed by atoms with Crippen LogP contribution in [0.15, 0.2) is 42.5 Å². The predicted octanol–water partition coefficient (Wildman–Crippen LogP) is 2.98. The van der Waals surface area contributed by atoms with Crippen LogP contribution >= 0.6 is 0 Å². The van der Waals surface area contributed by atoms with E-state index in [1.807, 2.05) is 12.1 Å². The summed E-state index contributed by atoms with van der Waals surface area (Å²) in [6.07, 6.45) is 0.454. The highest BCUT2D eigenvalue weighted by Gasteiger charge is 2.30. The number of ether oxygens (including phenoxy) is 3. The van der Waals surface area contributed by atoms with Gasteiger partial charge in [-0.2, -0.15) is 0 Å². The molecule has 1 aliphatic heterocycles. The fourth-order valence-electron chi connectivity index (χ4n) is 4.24. The molecular formula is C23H28N4O4. The molecule has 8 nitrogen and oxygen atoms in total. The highest BCUT2D eigenvalue weighted by Crippen LogP contribution is 2.34. The van der Waals surface area contributed by atoms with Crippen LogP contribution in [0, 0.1) is 0 Å². The van der Waals surface area contributed by atoms with Gasteiger partial charge >= 0.3 is 0 Å². The first-order valence-corrected chi connectivity index (χ1v) is 10.3. The second kappa shape index (κ2) is 8.87. The van der Waals surface area contributed by atoms with Crippen LogP contribution in [-0.4, -0.2) is 38.0 Å². The second-order valence-electron chi connectivity index (χ2n) is 7.35. The van der Waals surface area contributed by atoms with Crippen LogP contribution in [0.4, 0.5) is 0 Å². The summed E-state index contributed by atoms with van der Waals surface area (Å²) in [7, 11) is 4.76. The highest BCUT2D eigenvalue weighted by molar-refractivity contribution is 5.98. The molecule has 2 heterocycles. The van der Waals surface area contributed by atoms with Gasteiger partial charge in [0.2, 0.25) is 0 Å². The molecule has 1 aromatic heterocycles. The third-order valence-corrected chi connectivity index (χ3v) is 5.69. The largest absolute Gasteiger partial charge is 0.496 e. The third-order valence-electron chi connectivity index (χ3n) is 5.69. The van der Waals surface area contributed by atoms with Gasteiger partial charge in [-0.3, -0.25) is 4.79 Å². The summed E-state index contributed by atoms with van der Waals surface area (Å²) in [5.41, 5.74) is 9.22. The van der Waals surface area contributed by atoms with Crippen LogP contribution in [-0.2, 0) is 6.54 Å². The molecule has 0 bridgehead atoms. The van der Waals surface area contributed by atoms with Gasteiger partial charge in [-0.05, 0) is 37.3 Å². The van der Waals surface area contributed by atoms with Gasteiger partial charge in [-0.15, -0.1) is 0 Å². The molecule has 1 amide bonds. The van der Waals surface area contributed by atoms with E-state index >= 15 is 0 Å². The first-order chi connectivity index (χ1) is 15.1. The lowest BCUT2D eigenvalue weighted by Crippen LogP contribution is -2.44. The van der Waals surface area contributed by atoms with E-state index in [-0.39, 0.29) is 18.1 Å². The van der Waals surface area contributed by atoms with Crippen molar-refractivity contribution in [3.8, 4) is 17.2 Å². The van der Waals surface area contributed by atoms with Crippen LogP contribution in [0.1, 0.15) is 35.4 Å². The molecule has 31 heavy (non-hydrogen) atoms. The maximum Gasteiger partial charge on any atom is 0.256 e. The van der Waals surface area contributed by atoms with Crippen LogP contribution in [0.5, 0.6) is 17.2 Å². The summed E-state index contributed by atoms with van der Waals surface area (Å²) in [5, 5.41) is 4.11. The van der Waals surface area contributed by atoms with Crippen molar-refractivity contribution in [3.63, 3.8) is 0 Å². The van der Waals surface area contributed by atoms with Gasteiger partial charge in [-0.25, -0.2) is 10.9 Å². The van der Waals surface area contributed by atoms with Gasteiger partial charge in [-0.1, -0.05) is 12.1 Å². The van der Waals surface area contributed by atoms with Crippen LogP contribution in [0.3, 0.4) is 0 Å². The predicted molar refractivity (Wildman–Crippen MR) is 119 cm³/mol. The van der Waals surface area contributed by atoms with Gasteiger partial charge in [0.1, 0.15) is 5.75 Å². The van der Waals surface area contributed by atoms with Crippen molar-refractivity contribution in [2.24, 2.45) is 0 Å². The molecule has 4 rings (SSSR count). The monoisotopic (exact) mass is 424 g/mol. The fraction of sp³-hybridized carbons (Fsp3) is 0.348. The number of para-hydroxylation sites is 1. The number of hydrogen-bond acceptors (Lipinski definition) is 6. The number of aryl methyl sites for hydroxylation is 1. The lowest BCUT2D eigenvalue weighted by molar-refractivity contribution is 0.0928. The molecule has 0 spiro atoms. The van der Waals surface area contributed by atoms with Crippen molar-refractivity contribution in [1.82, 2.24) is 20.7 Å². The Morgan fingerprint density at radius 1 is 1.06 bits per heavy atom. The van der Waals surface area contributed by atoms with Crippen molar-refractivity contribution in [1.29, 1.82) is 0 Å². The number of nitrogens with one attached hydrogen (secondary N) is 3. The van der Waals surface area contributed by atoms with Crippen LogP contribution in [0.2, 0.25) is 0 Å². The van der Waals surface area contributed by atoms with Crippen molar-refractivity contribution in [2.75, 3.05) is 21.3 Å². The van der Waals surface area contributed by atoms with Gasteiger partial charge in [0.05, 0.1) is 44.6 Å². The summed E-state index contributed by atoms with van der Waals surface area (Å²) in [4.78, 5) is 12.9. The quantitative estimate of drug-likeness (QED) is 0.541. The number of rotatable bonds is 7. The Balaban J connectivity index is 1.54. The van der Waals surface area contributed by atoms with E-state index in [0.29, 0.717) is 23.5 Å². The fourth-order valence-corrected chi connectivity index (χ4v) is 4.24. The number of hydrogen-bond donors (Lipinski definition) is 3. The highest BCUT2D eigenvalue weighted by atomic mass is 16.5. The minimum atomic E-state index is -0.237. The molecular weight excluding hydrogens is 396 g/mol. The Kier molecular flexibility index (Phi) is 6.01. The van der Waals surface area contributed by atoms with E-state index < -0.39 is 0 Å². The number of carbonyl (C=O) groups is 1. The lowest BCUT2D eigenvalue weighted by Gasteiger charge is -2.16. The summed E-state index contributed by atoms with van der Waals surface area (Å²) >= 11 is 0. The molecule has 1 saturated heterocycles. The zero-order valence-electron chi connectivity index (χ0n) is 18.2. The number of hydrazine groups is 1. The zero-order chi connectivity index (χ0) is 22.0. The average molecular weight is 425 g/mol. The Labute approximate surface area is 181 Å². The SMILES string of the molecule is CCn1c(C2CC(NC(=O)c3cccc(OC)c3OC)NN2)cc2c(OC)cccc21. The van der Waals surface area contributed by atoms with Gasteiger partial charge in [0, 0.05) is 24.0 Å². The van der Waals surface area contributed by atoms with Gasteiger partial charge < -0.3 is 24.1 Å². The van der Waals surface area contributed by atoms with Gasteiger partial charge in [0.15, 0.2) is 11.5 Å². The minimum Gasteiger partial charge on any atom is -0.496 e. The number of nitrogens with zero attached hydrogens (tertiary/aromatic N) is 1. The van der Waals surface area contributed by atoms with Crippen LogP contribution in [0.25, 0.3) is 10.9 Å². The third kappa shape index (κ3) is 3.80. The maximum absolute atomic E-state index is 12.9. The first-order valence-electron chi connectivity index (χ1n) is 10.3. The van der Waals surface area contributed by atoms with Crippen LogP contribution < -0.4 is 30.4 Å². The molecule has 164 valence electrons. The molecule has 2 unspecified atom stereocenters. The molecule has 1 aliphatic rings. The molecule has 3 aromatic rings. The normalized spacial score (nSPS) is 18.2. The smallest absolute Gasteiger partial charge is 0.256 e. The van der Waals surface area contributed by atoms with E-state index in [0.717, 1.165) is 28.9 Å². The molecule has 0 radical (unpaired) electrons. The van der Waals surface area contributed by atoms with E-state index in [2.05, 4.69) is 39.8 Å². The summed E-state index contributed by atoms with van der Waals surface area (Å²) in [6, 6.07) is 13.5. The van der Waals surface area contributed by atoms with Gasteiger partial charge in [0.25, 0.3) is 5.91 Å². The molecule has 1 fully saturated rings. The lowest BCUT2D eigenvalue weighted by atomic mass is 10.1. The molecule has 2 atom stereocenters. The molecule has 8 heteroatoms. The molecule has 2 aromatic carbocycles. The number of carbonyl (C=O) groups excluding carboxylic acids is 1. The Morgan fingerprint density at radius 3 is 2.52 bits per heavy atom. The van der Waals surface area contributed by atoms with Crippen molar-refractivity contribution in [3.05, 3.63) is 53.7 Å². The number of methoxy groups -OCH3 is 3. The molecule has 0 aliphatic carbocycles.